The average molecular weight is 990 g/mol. The fourth-order valence-electron chi connectivity index (χ4n) is 8.38. The van der Waals surface area contributed by atoms with Gasteiger partial charge < -0.3 is 14.2 Å². The van der Waals surface area contributed by atoms with Crippen LogP contribution in [0.4, 0.5) is 0 Å². The summed E-state index contributed by atoms with van der Waals surface area (Å²) in [5, 5.41) is 0. The summed E-state index contributed by atoms with van der Waals surface area (Å²) in [6.45, 7) is 6.45. The minimum atomic E-state index is -0.794. The summed E-state index contributed by atoms with van der Waals surface area (Å²) in [7, 11) is 0. The van der Waals surface area contributed by atoms with Crippen LogP contribution in [0.3, 0.4) is 0 Å². The van der Waals surface area contributed by atoms with Crippen molar-refractivity contribution < 1.29 is 28.6 Å². The van der Waals surface area contributed by atoms with Crippen molar-refractivity contribution in [3.8, 4) is 0 Å². The average Bonchev–Trinajstić information content (AvgIpc) is 3.37. The molecule has 0 fully saturated rings. The second-order valence-corrected chi connectivity index (χ2v) is 19.9. The highest BCUT2D eigenvalue weighted by Crippen LogP contribution is 2.16. The van der Waals surface area contributed by atoms with Gasteiger partial charge in [0.25, 0.3) is 0 Å². The van der Waals surface area contributed by atoms with Gasteiger partial charge in [-0.3, -0.25) is 14.4 Å². The first-order valence-electron chi connectivity index (χ1n) is 30.1. The van der Waals surface area contributed by atoms with Crippen LogP contribution in [0.1, 0.15) is 290 Å². The van der Waals surface area contributed by atoms with Gasteiger partial charge in [-0.2, -0.15) is 0 Å². The lowest BCUT2D eigenvalue weighted by molar-refractivity contribution is -0.167. The van der Waals surface area contributed by atoms with Crippen molar-refractivity contribution in [3.05, 3.63) is 85.1 Å². The quantitative estimate of drug-likeness (QED) is 0.0261. The lowest BCUT2D eigenvalue weighted by atomic mass is 10.0. The Labute approximate surface area is 439 Å². The van der Waals surface area contributed by atoms with E-state index in [2.05, 4.69) is 106 Å². The molecule has 71 heavy (non-hydrogen) atoms. The lowest BCUT2D eigenvalue weighted by Gasteiger charge is -2.18. The molecule has 0 rings (SSSR count). The summed E-state index contributed by atoms with van der Waals surface area (Å²) in [5.74, 6) is -0.935. The molecule has 0 N–H and O–H groups in total. The first-order chi connectivity index (χ1) is 35.0. The summed E-state index contributed by atoms with van der Waals surface area (Å²) < 4.78 is 16.7. The largest absolute Gasteiger partial charge is 0.462 e. The molecule has 1 unspecified atom stereocenters. The minimum Gasteiger partial charge on any atom is -0.462 e. The first kappa shape index (κ1) is 67.6. The predicted molar refractivity (Wildman–Crippen MR) is 307 cm³/mol. The molecule has 1 atom stereocenters. The molecule has 0 aromatic rings. The van der Waals surface area contributed by atoms with Gasteiger partial charge in [-0.1, -0.05) is 260 Å². The van der Waals surface area contributed by atoms with Crippen LogP contribution in [-0.2, 0) is 28.6 Å². The summed E-state index contributed by atoms with van der Waals surface area (Å²) >= 11 is 0. The summed E-state index contributed by atoms with van der Waals surface area (Å²) in [6.07, 6.45) is 77.7. The molecule has 0 aliphatic rings. The highest BCUT2D eigenvalue weighted by molar-refractivity contribution is 5.71. The molecule has 0 radical (unpaired) electrons. The zero-order valence-corrected chi connectivity index (χ0v) is 46.7. The predicted octanol–water partition coefficient (Wildman–Crippen LogP) is 20.3. The number of carbonyl (C=O) groups is 3. The van der Waals surface area contributed by atoms with Crippen LogP contribution in [0.5, 0.6) is 0 Å². The van der Waals surface area contributed by atoms with Crippen molar-refractivity contribution in [2.24, 2.45) is 0 Å². The van der Waals surface area contributed by atoms with Crippen molar-refractivity contribution in [2.75, 3.05) is 13.2 Å². The van der Waals surface area contributed by atoms with Gasteiger partial charge in [0.05, 0.1) is 0 Å². The molecule has 0 saturated carbocycles. The van der Waals surface area contributed by atoms with Gasteiger partial charge in [0, 0.05) is 19.3 Å². The van der Waals surface area contributed by atoms with E-state index in [9.17, 15) is 14.4 Å². The zero-order chi connectivity index (χ0) is 51.4. The molecule has 0 saturated heterocycles. The Kier molecular flexibility index (Phi) is 56.3. The fourth-order valence-corrected chi connectivity index (χ4v) is 8.38. The summed E-state index contributed by atoms with van der Waals surface area (Å²) in [4.78, 5) is 37.9. The lowest BCUT2D eigenvalue weighted by Crippen LogP contribution is -2.30. The number of ether oxygens (including phenoxy) is 3. The fraction of sp³-hybridized carbons (Fsp3) is 0.738. The SMILES string of the molecule is CC/C=C\C/C=C\C/C=C\C/C=C\CCCCC(=O)OC(COC(=O)CCCCCCCCC)COC(=O)CCCCCCCCCCCCCCCCCC/C=C\C/C=C\C/C=C\CCCCCCC. The maximum Gasteiger partial charge on any atom is 0.306 e. The Morgan fingerprint density at radius 2 is 0.549 bits per heavy atom. The Hall–Kier alpha value is -3.41. The van der Waals surface area contributed by atoms with E-state index in [1.165, 1.54) is 154 Å². The van der Waals surface area contributed by atoms with Gasteiger partial charge >= 0.3 is 17.9 Å². The number of esters is 3. The molecule has 0 aliphatic heterocycles. The number of allylic oxidation sites excluding steroid dienone is 14. The third-order valence-corrected chi connectivity index (χ3v) is 12.9. The van der Waals surface area contributed by atoms with E-state index in [0.29, 0.717) is 19.3 Å². The third kappa shape index (κ3) is 57.4. The van der Waals surface area contributed by atoms with E-state index >= 15 is 0 Å². The van der Waals surface area contributed by atoms with Gasteiger partial charge in [-0.15, -0.1) is 0 Å². The van der Waals surface area contributed by atoms with Crippen molar-refractivity contribution in [1.29, 1.82) is 0 Å². The Morgan fingerprint density at radius 1 is 0.296 bits per heavy atom. The standard InChI is InChI=1S/C65H112O6/c1-4-7-10-13-16-18-20-22-24-25-26-27-28-29-30-31-32-33-34-35-36-37-38-39-41-42-44-46-49-52-55-58-64(67)70-61-62(60-69-63(66)57-54-51-48-15-12-9-6-3)71-65(68)59-56-53-50-47-45-43-40-23-21-19-17-14-11-8-5-2/h8,11,17,19-20,22-23,25-26,28-29,40,45,47,62H,4-7,9-10,12-16,18,21,24,27,30-39,41-44,46,48-61H2,1-3H3/b11-8-,19-17-,22-20-,26-25-,29-28-,40-23-,47-45-. The van der Waals surface area contributed by atoms with Gasteiger partial charge in [0.15, 0.2) is 6.10 Å². The van der Waals surface area contributed by atoms with Crippen molar-refractivity contribution in [1.82, 2.24) is 0 Å². The monoisotopic (exact) mass is 989 g/mol. The maximum atomic E-state index is 12.8. The maximum absolute atomic E-state index is 12.8. The summed E-state index contributed by atoms with van der Waals surface area (Å²) in [6, 6.07) is 0. The van der Waals surface area contributed by atoms with E-state index in [1.807, 2.05) is 0 Å². The van der Waals surface area contributed by atoms with Crippen LogP contribution in [0.15, 0.2) is 85.1 Å². The van der Waals surface area contributed by atoms with Crippen LogP contribution in [0, 0.1) is 0 Å². The second kappa shape index (κ2) is 59.2. The number of unbranched alkanes of at least 4 members (excludes halogenated alkanes) is 29. The summed E-state index contributed by atoms with van der Waals surface area (Å²) in [5.41, 5.74) is 0. The van der Waals surface area contributed by atoms with Crippen molar-refractivity contribution in [3.63, 3.8) is 0 Å². The molecule has 408 valence electrons. The third-order valence-electron chi connectivity index (χ3n) is 12.9. The molecule has 0 bridgehead atoms. The highest BCUT2D eigenvalue weighted by Gasteiger charge is 2.19. The molecule has 6 heteroatoms. The Morgan fingerprint density at radius 3 is 0.887 bits per heavy atom. The minimum absolute atomic E-state index is 0.0912. The molecule has 0 aliphatic carbocycles. The van der Waals surface area contributed by atoms with Gasteiger partial charge in [-0.05, 0) is 96.3 Å². The number of hydrogen-bond donors (Lipinski definition) is 0. The van der Waals surface area contributed by atoms with Crippen LogP contribution in [-0.4, -0.2) is 37.2 Å². The molecule has 0 heterocycles. The van der Waals surface area contributed by atoms with Gasteiger partial charge in [0.2, 0.25) is 0 Å². The Balaban J connectivity index is 4.07. The first-order valence-corrected chi connectivity index (χ1v) is 30.1. The van der Waals surface area contributed by atoms with Crippen LogP contribution < -0.4 is 0 Å². The molecule has 0 amide bonds. The van der Waals surface area contributed by atoms with Crippen LogP contribution in [0.2, 0.25) is 0 Å². The normalized spacial score (nSPS) is 12.7. The molecule has 0 aromatic heterocycles. The van der Waals surface area contributed by atoms with E-state index in [1.54, 1.807) is 0 Å². The van der Waals surface area contributed by atoms with E-state index in [-0.39, 0.29) is 37.5 Å². The van der Waals surface area contributed by atoms with Crippen molar-refractivity contribution >= 4 is 17.9 Å². The topological polar surface area (TPSA) is 78.9 Å². The smallest absolute Gasteiger partial charge is 0.306 e. The molecule has 0 aromatic carbocycles. The van der Waals surface area contributed by atoms with E-state index in [0.717, 1.165) is 89.9 Å². The molecule has 6 nitrogen and oxygen atoms in total. The molecular weight excluding hydrogens is 877 g/mol. The van der Waals surface area contributed by atoms with Crippen LogP contribution in [0.25, 0.3) is 0 Å². The second-order valence-electron chi connectivity index (χ2n) is 19.9. The number of carbonyl (C=O) groups excluding carboxylic acids is 3. The Bertz CT molecular complexity index is 1370. The van der Waals surface area contributed by atoms with Gasteiger partial charge in [0.1, 0.15) is 13.2 Å². The van der Waals surface area contributed by atoms with E-state index < -0.39 is 6.10 Å². The van der Waals surface area contributed by atoms with Crippen molar-refractivity contribution in [2.45, 2.75) is 297 Å². The highest BCUT2D eigenvalue weighted by atomic mass is 16.6. The van der Waals surface area contributed by atoms with Gasteiger partial charge in [-0.25, -0.2) is 0 Å². The molecular formula is C65H112O6. The number of hydrogen-bond acceptors (Lipinski definition) is 6. The molecule has 0 spiro atoms. The number of rotatable bonds is 54. The zero-order valence-electron chi connectivity index (χ0n) is 46.7. The van der Waals surface area contributed by atoms with Crippen LogP contribution >= 0.6 is 0 Å². The van der Waals surface area contributed by atoms with E-state index in [4.69, 9.17) is 14.2 Å².